The van der Waals surface area contributed by atoms with Crippen molar-refractivity contribution in [1.82, 2.24) is 5.32 Å². The number of para-hydroxylation sites is 1. The number of benzene rings is 2. The van der Waals surface area contributed by atoms with Gasteiger partial charge in [0.05, 0.1) is 18.7 Å². The van der Waals surface area contributed by atoms with Gasteiger partial charge in [0.2, 0.25) is 0 Å². The molecular weight excluding hydrogens is 392 g/mol. The van der Waals surface area contributed by atoms with E-state index < -0.39 is 0 Å². The lowest BCUT2D eigenvalue weighted by Gasteiger charge is -2.30. The minimum atomic E-state index is -0.187. The number of nitrogens with one attached hydrogen (secondary N) is 1. The van der Waals surface area contributed by atoms with E-state index in [-0.39, 0.29) is 11.9 Å². The maximum Gasteiger partial charge on any atom is 0.255 e. The molecule has 0 bridgehead atoms. The second kappa shape index (κ2) is 8.25. The van der Waals surface area contributed by atoms with Crippen molar-refractivity contribution in [2.24, 2.45) is 0 Å². The lowest BCUT2D eigenvalue weighted by atomic mass is 10.1. The first-order valence-corrected chi connectivity index (χ1v) is 10.4. The molecule has 0 radical (unpaired) electrons. The zero-order chi connectivity index (χ0) is 19.5. The van der Waals surface area contributed by atoms with Crippen LogP contribution >= 0.6 is 22.9 Å². The molecule has 1 N–H and O–H groups in total. The molecule has 1 aliphatic rings. The molecule has 1 atom stereocenters. The number of ether oxygens (including phenoxy) is 1. The molecule has 0 aliphatic carbocycles. The molecule has 3 aromatic rings. The smallest absolute Gasteiger partial charge is 0.255 e. The summed E-state index contributed by atoms with van der Waals surface area (Å²) in [5.41, 5.74) is 3.05. The van der Waals surface area contributed by atoms with Crippen LogP contribution in [0, 0.1) is 0 Å². The molecule has 1 aliphatic heterocycles. The number of rotatable bonds is 6. The summed E-state index contributed by atoms with van der Waals surface area (Å²) < 4.78 is 5.32. The van der Waals surface area contributed by atoms with Gasteiger partial charge >= 0.3 is 0 Å². The molecule has 0 unspecified atom stereocenters. The summed E-state index contributed by atoms with van der Waals surface area (Å²) in [4.78, 5) is 16.5. The predicted molar refractivity (Wildman–Crippen MR) is 115 cm³/mol. The van der Waals surface area contributed by atoms with Crippen molar-refractivity contribution < 1.29 is 9.53 Å². The van der Waals surface area contributed by atoms with Gasteiger partial charge in [0, 0.05) is 28.7 Å². The third-order valence-electron chi connectivity index (χ3n) is 5.03. The number of fused-ring (bicyclic) bond motifs is 1. The van der Waals surface area contributed by atoms with E-state index in [1.807, 2.05) is 0 Å². The molecule has 4 rings (SSSR count). The average molecular weight is 413 g/mol. The van der Waals surface area contributed by atoms with Crippen LogP contribution in [-0.4, -0.2) is 26.1 Å². The normalized spacial score (nSPS) is 13.9. The first-order chi connectivity index (χ1) is 13.7. The summed E-state index contributed by atoms with van der Waals surface area (Å²) in [5, 5.41) is 5.67. The van der Waals surface area contributed by atoms with Gasteiger partial charge in [0.15, 0.2) is 0 Å². The largest absolute Gasteiger partial charge is 0.496 e. The number of methoxy groups -OCH3 is 1. The fraction of sp³-hybridized carbons (Fsp3) is 0.227. The van der Waals surface area contributed by atoms with E-state index in [4.69, 9.17) is 16.3 Å². The highest BCUT2D eigenvalue weighted by Gasteiger charge is 2.28. The van der Waals surface area contributed by atoms with E-state index in [1.165, 1.54) is 16.1 Å². The zero-order valence-electron chi connectivity index (χ0n) is 15.5. The third-order valence-corrected chi connectivity index (χ3v) is 6.24. The van der Waals surface area contributed by atoms with Crippen LogP contribution in [0.3, 0.4) is 0 Å². The maximum atomic E-state index is 12.8. The third kappa shape index (κ3) is 3.73. The number of halogens is 1. The second-order valence-electron chi connectivity index (χ2n) is 6.66. The van der Waals surface area contributed by atoms with E-state index in [9.17, 15) is 4.79 Å². The SMILES string of the molecule is COc1ccc(Cl)cc1C(=O)NC[C@@H](c1cccs1)N1CCc2ccccc21. The fourth-order valence-corrected chi connectivity index (χ4v) is 4.69. The summed E-state index contributed by atoms with van der Waals surface area (Å²) in [7, 11) is 1.55. The minimum Gasteiger partial charge on any atom is -0.496 e. The Kier molecular flexibility index (Phi) is 5.55. The Bertz CT molecular complexity index is 974. The van der Waals surface area contributed by atoms with Gasteiger partial charge in [-0.05, 0) is 47.7 Å². The van der Waals surface area contributed by atoms with Crippen LogP contribution in [-0.2, 0) is 6.42 Å². The number of hydrogen-bond acceptors (Lipinski definition) is 4. The molecule has 0 spiro atoms. The van der Waals surface area contributed by atoms with Gasteiger partial charge in [-0.2, -0.15) is 0 Å². The van der Waals surface area contributed by atoms with Crippen LogP contribution in [0.15, 0.2) is 60.0 Å². The molecule has 2 heterocycles. The molecule has 4 nitrogen and oxygen atoms in total. The second-order valence-corrected chi connectivity index (χ2v) is 8.07. The first kappa shape index (κ1) is 18.8. The number of nitrogens with zero attached hydrogens (tertiary/aromatic N) is 1. The van der Waals surface area contributed by atoms with Crippen molar-refractivity contribution in [2.45, 2.75) is 12.5 Å². The van der Waals surface area contributed by atoms with Crippen molar-refractivity contribution in [3.63, 3.8) is 0 Å². The van der Waals surface area contributed by atoms with Crippen LogP contribution in [0.25, 0.3) is 0 Å². The monoisotopic (exact) mass is 412 g/mol. The Morgan fingerprint density at radius 1 is 1.25 bits per heavy atom. The molecule has 2 aromatic carbocycles. The molecule has 144 valence electrons. The summed E-state index contributed by atoms with van der Waals surface area (Å²) in [6.45, 7) is 1.45. The van der Waals surface area contributed by atoms with Crippen molar-refractivity contribution in [1.29, 1.82) is 0 Å². The van der Waals surface area contributed by atoms with Gasteiger partial charge in [-0.1, -0.05) is 35.9 Å². The van der Waals surface area contributed by atoms with Crippen molar-refractivity contribution >= 4 is 34.5 Å². The van der Waals surface area contributed by atoms with Gasteiger partial charge in [0.25, 0.3) is 5.91 Å². The van der Waals surface area contributed by atoms with Crippen LogP contribution in [0.4, 0.5) is 5.69 Å². The van der Waals surface area contributed by atoms with Crippen LogP contribution in [0.2, 0.25) is 5.02 Å². The number of carbonyl (C=O) groups excluding carboxylic acids is 1. The molecule has 0 fully saturated rings. The standard InChI is InChI=1S/C22H21ClN2O2S/c1-27-20-9-8-16(23)13-17(20)22(26)24-14-19(21-7-4-12-28-21)25-11-10-15-5-2-3-6-18(15)25/h2-9,12-13,19H,10-11,14H2,1H3,(H,24,26)/t19-/m0/s1. The van der Waals surface area contributed by atoms with Crippen LogP contribution < -0.4 is 15.0 Å². The maximum absolute atomic E-state index is 12.8. The van der Waals surface area contributed by atoms with Crippen molar-refractivity contribution in [3.05, 3.63) is 81.0 Å². The Balaban J connectivity index is 1.57. The van der Waals surface area contributed by atoms with E-state index in [2.05, 4.69) is 52.0 Å². The molecule has 28 heavy (non-hydrogen) atoms. The highest BCUT2D eigenvalue weighted by atomic mass is 35.5. The Hall–Kier alpha value is -2.50. The molecule has 1 aromatic heterocycles. The quantitative estimate of drug-likeness (QED) is 0.623. The summed E-state index contributed by atoms with van der Waals surface area (Å²) in [5.74, 6) is 0.328. The summed E-state index contributed by atoms with van der Waals surface area (Å²) in [6, 6.07) is 17.8. The molecule has 1 amide bonds. The number of hydrogen-bond donors (Lipinski definition) is 1. The number of amides is 1. The predicted octanol–water partition coefficient (Wildman–Crippen LogP) is 4.94. The first-order valence-electron chi connectivity index (χ1n) is 9.17. The van der Waals surface area contributed by atoms with Gasteiger partial charge < -0.3 is 15.0 Å². The average Bonchev–Trinajstić information content (AvgIpc) is 3.39. The summed E-state index contributed by atoms with van der Waals surface area (Å²) >= 11 is 7.79. The van der Waals surface area contributed by atoms with Gasteiger partial charge in [-0.3, -0.25) is 4.79 Å². The molecule has 0 saturated carbocycles. The lowest BCUT2D eigenvalue weighted by molar-refractivity contribution is 0.0948. The molecule has 0 saturated heterocycles. The highest BCUT2D eigenvalue weighted by molar-refractivity contribution is 7.10. The number of anilines is 1. The number of carbonyl (C=O) groups is 1. The number of thiophene rings is 1. The van der Waals surface area contributed by atoms with Crippen LogP contribution in [0.5, 0.6) is 5.75 Å². The molecule has 6 heteroatoms. The Labute approximate surface area is 173 Å². The Morgan fingerprint density at radius 2 is 2.11 bits per heavy atom. The van der Waals surface area contributed by atoms with E-state index in [0.29, 0.717) is 22.9 Å². The van der Waals surface area contributed by atoms with Crippen molar-refractivity contribution in [3.8, 4) is 5.75 Å². The van der Waals surface area contributed by atoms with Crippen LogP contribution in [0.1, 0.15) is 26.8 Å². The topological polar surface area (TPSA) is 41.6 Å². The van der Waals surface area contributed by atoms with E-state index >= 15 is 0 Å². The highest BCUT2D eigenvalue weighted by Crippen LogP contribution is 2.36. The zero-order valence-corrected chi connectivity index (χ0v) is 17.1. The fourth-order valence-electron chi connectivity index (χ4n) is 3.68. The summed E-state index contributed by atoms with van der Waals surface area (Å²) in [6.07, 6.45) is 1.02. The van der Waals surface area contributed by atoms with E-state index in [0.717, 1.165) is 13.0 Å². The van der Waals surface area contributed by atoms with E-state index in [1.54, 1.807) is 36.6 Å². The van der Waals surface area contributed by atoms with Gasteiger partial charge in [0.1, 0.15) is 5.75 Å². The van der Waals surface area contributed by atoms with Crippen molar-refractivity contribution in [2.75, 3.05) is 25.1 Å². The van der Waals surface area contributed by atoms with Gasteiger partial charge in [-0.15, -0.1) is 11.3 Å². The molecular formula is C22H21ClN2O2S. The lowest BCUT2D eigenvalue weighted by Crippen LogP contribution is -2.37. The minimum absolute atomic E-state index is 0.0813. The van der Waals surface area contributed by atoms with Gasteiger partial charge in [-0.25, -0.2) is 0 Å². The Morgan fingerprint density at radius 3 is 2.89 bits per heavy atom.